The molecule has 1 heterocycles. The van der Waals surface area contributed by atoms with Crippen molar-refractivity contribution in [2.24, 2.45) is 0 Å². The maximum absolute atomic E-state index is 13.3. The highest BCUT2D eigenvalue weighted by Crippen LogP contribution is 2.37. The largest absolute Gasteiger partial charge is 0.495 e. The van der Waals surface area contributed by atoms with Crippen LogP contribution in [-0.2, 0) is 10.0 Å². The van der Waals surface area contributed by atoms with Gasteiger partial charge in [0, 0.05) is 11.1 Å². The highest BCUT2D eigenvalue weighted by Gasteiger charge is 2.36. The summed E-state index contributed by atoms with van der Waals surface area (Å²) in [5.74, 6) is 0.346. The summed E-state index contributed by atoms with van der Waals surface area (Å²) < 4.78 is 33.2. The Balaban J connectivity index is 1.57. The van der Waals surface area contributed by atoms with Crippen LogP contribution >= 0.6 is 23.2 Å². The minimum absolute atomic E-state index is 0.00718. The third-order valence-electron chi connectivity index (χ3n) is 5.89. The molecule has 168 valence electrons. The van der Waals surface area contributed by atoms with E-state index in [1.54, 1.807) is 0 Å². The number of quaternary nitrogens is 1. The van der Waals surface area contributed by atoms with Gasteiger partial charge in [0.2, 0.25) is 10.0 Å². The van der Waals surface area contributed by atoms with Crippen LogP contribution < -0.4 is 9.64 Å². The molecule has 1 fully saturated rings. The fourth-order valence-electron chi connectivity index (χ4n) is 4.27. The molecule has 0 aromatic heterocycles. The monoisotopic (exact) mass is 491 g/mol. The van der Waals surface area contributed by atoms with Gasteiger partial charge in [0.15, 0.2) is 0 Å². The van der Waals surface area contributed by atoms with Gasteiger partial charge in [-0.2, -0.15) is 4.31 Å². The quantitative estimate of drug-likeness (QED) is 0.572. The van der Waals surface area contributed by atoms with Crippen LogP contribution in [0.2, 0.25) is 10.0 Å². The van der Waals surface area contributed by atoms with Crippen molar-refractivity contribution < 1.29 is 18.1 Å². The van der Waals surface area contributed by atoms with Gasteiger partial charge in [-0.25, -0.2) is 8.42 Å². The first kappa shape index (κ1) is 23.1. The smallest absolute Gasteiger partial charge is 0.245 e. The van der Waals surface area contributed by atoms with Crippen LogP contribution in [0.25, 0.3) is 0 Å². The molecule has 0 spiro atoms. The standard InChI is InChI=1S/C24H24Cl2N2O3S/c1-31-20-12-13-21(23(26)22(20)25)32(29,30)28-16-14-27(15-17-28)24(18-8-4-2-5-9-18)19-10-6-3-7-11-19/h2-13,24H,14-17H2,1H3/p+1. The van der Waals surface area contributed by atoms with Gasteiger partial charge in [-0.3, -0.25) is 0 Å². The van der Waals surface area contributed by atoms with Crippen LogP contribution in [0.5, 0.6) is 5.75 Å². The number of piperazine rings is 1. The molecule has 4 rings (SSSR count). The van der Waals surface area contributed by atoms with Crippen LogP contribution in [0, 0.1) is 0 Å². The summed E-state index contributed by atoms with van der Waals surface area (Å²) in [7, 11) is -2.31. The van der Waals surface area contributed by atoms with E-state index in [1.165, 1.54) is 39.6 Å². The summed E-state index contributed by atoms with van der Waals surface area (Å²) in [4.78, 5) is 1.34. The molecule has 0 atom stereocenters. The Morgan fingerprint density at radius 2 is 1.38 bits per heavy atom. The van der Waals surface area contributed by atoms with Gasteiger partial charge >= 0.3 is 0 Å². The van der Waals surface area contributed by atoms with E-state index >= 15 is 0 Å². The number of hydrogen-bond donors (Lipinski definition) is 1. The molecule has 1 N–H and O–H groups in total. The number of nitrogens with one attached hydrogen (secondary N) is 1. The fourth-order valence-corrected chi connectivity index (χ4v) is 6.52. The molecule has 0 aliphatic carbocycles. The zero-order valence-corrected chi connectivity index (χ0v) is 20.0. The van der Waals surface area contributed by atoms with Gasteiger partial charge in [-0.1, -0.05) is 83.9 Å². The fraction of sp³-hybridized carbons (Fsp3) is 0.250. The van der Waals surface area contributed by atoms with Gasteiger partial charge in [0.1, 0.15) is 21.7 Å². The van der Waals surface area contributed by atoms with E-state index in [1.807, 2.05) is 36.4 Å². The van der Waals surface area contributed by atoms with Gasteiger partial charge in [-0.05, 0) is 12.1 Å². The first-order chi connectivity index (χ1) is 15.4. The Bertz CT molecular complexity index is 1130. The number of hydrogen-bond acceptors (Lipinski definition) is 3. The number of sulfonamides is 1. The molecule has 0 saturated carbocycles. The Hall–Kier alpha value is -2.09. The number of ether oxygens (including phenoxy) is 1. The lowest BCUT2D eigenvalue weighted by molar-refractivity contribution is -0.929. The highest BCUT2D eigenvalue weighted by molar-refractivity contribution is 7.89. The molecule has 0 unspecified atom stereocenters. The number of nitrogens with zero attached hydrogens (tertiary/aromatic N) is 1. The molecule has 0 amide bonds. The second-order valence-corrected chi connectivity index (χ2v) is 10.4. The predicted octanol–water partition coefficient (Wildman–Crippen LogP) is 3.68. The van der Waals surface area contributed by atoms with E-state index in [9.17, 15) is 8.42 Å². The van der Waals surface area contributed by atoms with E-state index in [0.29, 0.717) is 31.9 Å². The van der Waals surface area contributed by atoms with Crippen molar-refractivity contribution in [1.82, 2.24) is 4.31 Å². The van der Waals surface area contributed by atoms with E-state index in [-0.39, 0.29) is 21.0 Å². The lowest BCUT2D eigenvalue weighted by Gasteiger charge is -2.36. The van der Waals surface area contributed by atoms with Crippen molar-refractivity contribution in [3.05, 3.63) is 94.0 Å². The molecule has 5 nitrogen and oxygen atoms in total. The Labute approximate surface area is 199 Å². The normalized spacial score (nSPS) is 15.8. The first-order valence-corrected chi connectivity index (χ1v) is 12.6. The summed E-state index contributed by atoms with van der Waals surface area (Å²) >= 11 is 12.5. The second kappa shape index (κ2) is 9.81. The number of benzene rings is 3. The molecular weight excluding hydrogens is 467 g/mol. The third kappa shape index (κ3) is 4.51. The van der Waals surface area contributed by atoms with Crippen LogP contribution in [0.15, 0.2) is 77.7 Å². The topological polar surface area (TPSA) is 51.1 Å². The van der Waals surface area contributed by atoms with Gasteiger partial charge in [0.05, 0.1) is 38.3 Å². The molecule has 1 aliphatic heterocycles. The zero-order chi connectivity index (χ0) is 22.7. The van der Waals surface area contributed by atoms with Crippen molar-refractivity contribution in [2.75, 3.05) is 33.3 Å². The first-order valence-electron chi connectivity index (χ1n) is 10.4. The van der Waals surface area contributed by atoms with Crippen LogP contribution in [0.4, 0.5) is 0 Å². The molecular formula is C24H25Cl2N2O3S+. The third-order valence-corrected chi connectivity index (χ3v) is 8.81. The molecule has 3 aromatic carbocycles. The lowest BCUT2D eigenvalue weighted by Crippen LogP contribution is -3.15. The average Bonchev–Trinajstić information content (AvgIpc) is 2.82. The molecule has 0 radical (unpaired) electrons. The van der Waals surface area contributed by atoms with E-state index < -0.39 is 10.0 Å². The van der Waals surface area contributed by atoms with Crippen molar-refractivity contribution in [3.8, 4) is 5.75 Å². The molecule has 0 bridgehead atoms. The van der Waals surface area contributed by atoms with E-state index in [2.05, 4.69) is 24.3 Å². The predicted molar refractivity (Wildman–Crippen MR) is 127 cm³/mol. The summed E-state index contributed by atoms with van der Waals surface area (Å²) in [6.07, 6.45) is 0. The van der Waals surface area contributed by atoms with Gasteiger partial charge in [0.25, 0.3) is 0 Å². The molecule has 3 aromatic rings. The van der Waals surface area contributed by atoms with Crippen molar-refractivity contribution in [2.45, 2.75) is 10.9 Å². The van der Waals surface area contributed by atoms with Gasteiger partial charge < -0.3 is 9.64 Å². The van der Waals surface area contributed by atoms with E-state index in [4.69, 9.17) is 27.9 Å². The SMILES string of the molecule is COc1ccc(S(=O)(=O)N2CC[NH+](C(c3ccccc3)c3ccccc3)CC2)c(Cl)c1Cl. The van der Waals surface area contributed by atoms with Crippen LogP contribution in [0.3, 0.4) is 0 Å². The summed E-state index contributed by atoms with van der Waals surface area (Å²) in [6, 6.07) is 23.8. The van der Waals surface area contributed by atoms with Crippen LogP contribution in [0.1, 0.15) is 17.2 Å². The minimum Gasteiger partial charge on any atom is -0.495 e. The van der Waals surface area contributed by atoms with E-state index in [0.717, 1.165) is 0 Å². The Kier molecular flexibility index (Phi) is 7.08. The second-order valence-electron chi connectivity index (χ2n) is 7.71. The maximum atomic E-state index is 13.3. The van der Waals surface area contributed by atoms with Crippen LogP contribution in [-0.4, -0.2) is 46.0 Å². The minimum atomic E-state index is -3.77. The maximum Gasteiger partial charge on any atom is 0.245 e. The van der Waals surface area contributed by atoms with Crippen molar-refractivity contribution >= 4 is 33.2 Å². The average molecular weight is 492 g/mol. The Morgan fingerprint density at radius 3 is 1.88 bits per heavy atom. The summed E-state index contributed by atoms with van der Waals surface area (Å²) in [5.41, 5.74) is 2.44. The van der Waals surface area contributed by atoms with Crippen molar-refractivity contribution in [1.29, 1.82) is 0 Å². The number of halogens is 2. The number of methoxy groups -OCH3 is 1. The molecule has 32 heavy (non-hydrogen) atoms. The highest BCUT2D eigenvalue weighted by atomic mass is 35.5. The van der Waals surface area contributed by atoms with Crippen molar-refractivity contribution in [3.63, 3.8) is 0 Å². The molecule has 1 aliphatic rings. The number of rotatable bonds is 6. The zero-order valence-electron chi connectivity index (χ0n) is 17.7. The summed E-state index contributed by atoms with van der Waals surface area (Å²) in [5, 5.41) is 0.0972. The van der Waals surface area contributed by atoms with Gasteiger partial charge in [-0.15, -0.1) is 0 Å². The Morgan fingerprint density at radius 1 is 0.844 bits per heavy atom. The molecule has 8 heteroatoms. The molecule has 1 saturated heterocycles. The summed E-state index contributed by atoms with van der Waals surface area (Å²) in [6.45, 7) is 2.14. The lowest BCUT2D eigenvalue weighted by atomic mass is 9.96.